The van der Waals surface area contributed by atoms with Crippen molar-refractivity contribution in [3.63, 3.8) is 0 Å². The van der Waals surface area contributed by atoms with Crippen molar-refractivity contribution >= 4 is 34.9 Å². The summed E-state index contributed by atoms with van der Waals surface area (Å²) in [6, 6.07) is 6.90. The molecule has 2 amide bonds. The van der Waals surface area contributed by atoms with Gasteiger partial charge in [-0.05, 0) is 32.4 Å². The van der Waals surface area contributed by atoms with E-state index in [1.54, 1.807) is 0 Å². The molecule has 3 N–H and O–H groups in total. The van der Waals surface area contributed by atoms with Crippen molar-refractivity contribution in [3.05, 3.63) is 39.2 Å². The Balaban J connectivity index is 1.95. The second-order valence-corrected chi connectivity index (χ2v) is 7.25. The normalized spacial score (nSPS) is 11.8. The highest BCUT2D eigenvalue weighted by Gasteiger charge is 2.16. The van der Waals surface area contributed by atoms with Crippen molar-refractivity contribution in [2.75, 3.05) is 6.54 Å². The molecule has 0 saturated heterocycles. The molecule has 0 fully saturated rings. The van der Waals surface area contributed by atoms with Crippen LogP contribution in [0.15, 0.2) is 24.3 Å². The Hall–Kier alpha value is -2.12. The summed E-state index contributed by atoms with van der Waals surface area (Å²) in [5.41, 5.74) is 1.86. The van der Waals surface area contributed by atoms with Crippen LogP contribution in [0.5, 0.6) is 0 Å². The maximum atomic E-state index is 11.9. The van der Waals surface area contributed by atoms with Crippen LogP contribution < -0.4 is 10.6 Å². The number of benzene rings is 1. The van der Waals surface area contributed by atoms with Gasteiger partial charge in [-0.2, -0.15) is 0 Å². The first-order valence-electron chi connectivity index (χ1n) is 7.86. The lowest BCUT2D eigenvalue weighted by Crippen LogP contribution is -2.37. The third-order valence-electron chi connectivity index (χ3n) is 3.50. The third-order valence-corrected chi connectivity index (χ3v) is 4.91. The SMILES string of the molecule is Cc1sc(C(C)NC(=O)NCCCC(=O)O)nc1-c1ccc(Cl)cc1. The first-order chi connectivity index (χ1) is 11.9. The standard InChI is InChI=1S/C17H20ClN3O3S/c1-10(20-17(24)19-9-3-4-14(22)23)16-21-15(11(2)25-16)12-5-7-13(18)8-6-12/h5-8,10H,3-4,9H2,1-2H3,(H,22,23)(H2,19,20,24). The maximum absolute atomic E-state index is 11.9. The van der Waals surface area contributed by atoms with Gasteiger partial charge in [0.05, 0.1) is 11.7 Å². The Bertz CT molecular complexity index is 746. The minimum Gasteiger partial charge on any atom is -0.481 e. The topological polar surface area (TPSA) is 91.3 Å². The number of rotatable bonds is 7. The Morgan fingerprint density at radius 3 is 2.64 bits per heavy atom. The predicted molar refractivity (Wildman–Crippen MR) is 99.1 cm³/mol. The first-order valence-corrected chi connectivity index (χ1v) is 9.05. The van der Waals surface area contributed by atoms with Gasteiger partial charge in [0.15, 0.2) is 0 Å². The zero-order valence-corrected chi connectivity index (χ0v) is 15.6. The van der Waals surface area contributed by atoms with Crippen LogP contribution in [0.25, 0.3) is 11.3 Å². The number of aliphatic carboxylic acids is 1. The second-order valence-electron chi connectivity index (χ2n) is 5.58. The summed E-state index contributed by atoms with van der Waals surface area (Å²) in [6.45, 7) is 4.17. The first kappa shape index (κ1) is 19.2. The minimum absolute atomic E-state index is 0.0337. The summed E-state index contributed by atoms with van der Waals surface area (Å²) < 4.78 is 0. The van der Waals surface area contributed by atoms with Gasteiger partial charge in [-0.25, -0.2) is 9.78 Å². The van der Waals surface area contributed by atoms with Crippen molar-refractivity contribution in [2.24, 2.45) is 0 Å². The molecule has 0 saturated carbocycles. The lowest BCUT2D eigenvalue weighted by Gasteiger charge is -2.12. The number of carboxylic acids is 1. The summed E-state index contributed by atoms with van der Waals surface area (Å²) in [4.78, 5) is 28.0. The molecule has 1 aromatic heterocycles. The van der Waals surface area contributed by atoms with Gasteiger partial charge in [0.25, 0.3) is 0 Å². The number of halogens is 1. The largest absolute Gasteiger partial charge is 0.481 e. The number of carbonyl (C=O) groups excluding carboxylic acids is 1. The molecule has 25 heavy (non-hydrogen) atoms. The van der Waals surface area contributed by atoms with E-state index in [4.69, 9.17) is 16.7 Å². The van der Waals surface area contributed by atoms with E-state index in [0.717, 1.165) is 21.1 Å². The highest BCUT2D eigenvalue weighted by atomic mass is 35.5. The molecule has 1 atom stereocenters. The Kier molecular flexibility index (Phi) is 6.78. The van der Waals surface area contributed by atoms with Crippen LogP contribution in [0.1, 0.15) is 35.7 Å². The highest BCUT2D eigenvalue weighted by molar-refractivity contribution is 7.12. The summed E-state index contributed by atoms with van der Waals surface area (Å²) >= 11 is 7.45. The smallest absolute Gasteiger partial charge is 0.315 e. The van der Waals surface area contributed by atoms with Crippen molar-refractivity contribution in [1.29, 1.82) is 0 Å². The van der Waals surface area contributed by atoms with Gasteiger partial charge in [-0.3, -0.25) is 4.79 Å². The van der Waals surface area contributed by atoms with E-state index in [2.05, 4.69) is 15.6 Å². The fourth-order valence-electron chi connectivity index (χ4n) is 2.23. The van der Waals surface area contributed by atoms with Crippen LogP contribution in [0.3, 0.4) is 0 Å². The predicted octanol–water partition coefficient (Wildman–Crippen LogP) is 4.00. The fraction of sp³-hybridized carbons (Fsp3) is 0.353. The van der Waals surface area contributed by atoms with Crippen molar-refractivity contribution in [3.8, 4) is 11.3 Å². The zero-order valence-electron chi connectivity index (χ0n) is 14.0. The minimum atomic E-state index is -0.872. The van der Waals surface area contributed by atoms with E-state index < -0.39 is 5.97 Å². The number of thiazole rings is 1. The summed E-state index contributed by atoms with van der Waals surface area (Å²) in [5, 5.41) is 15.5. The number of aryl methyl sites for hydroxylation is 1. The van der Waals surface area contributed by atoms with Gasteiger partial charge in [0.1, 0.15) is 5.01 Å². The molecule has 0 aliphatic heterocycles. The molecule has 0 spiro atoms. The van der Waals surface area contributed by atoms with E-state index in [9.17, 15) is 9.59 Å². The molecule has 0 radical (unpaired) electrons. The van der Waals surface area contributed by atoms with Gasteiger partial charge in [0, 0.05) is 28.4 Å². The van der Waals surface area contributed by atoms with E-state index in [-0.39, 0.29) is 18.5 Å². The highest BCUT2D eigenvalue weighted by Crippen LogP contribution is 2.31. The van der Waals surface area contributed by atoms with Crippen molar-refractivity contribution < 1.29 is 14.7 Å². The molecule has 1 unspecified atom stereocenters. The molecular weight excluding hydrogens is 362 g/mol. The number of urea groups is 1. The molecule has 0 aliphatic carbocycles. The van der Waals surface area contributed by atoms with Gasteiger partial charge in [-0.1, -0.05) is 23.7 Å². The average molecular weight is 382 g/mol. The van der Waals surface area contributed by atoms with E-state index >= 15 is 0 Å². The maximum Gasteiger partial charge on any atom is 0.315 e. The van der Waals surface area contributed by atoms with Crippen LogP contribution in [-0.2, 0) is 4.79 Å². The average Bonchev–Trinajstić information content (AvgIpc) is 2.94. The molecule has 2 aromatic rings. The van der Waals surface area contributed by atoms with E-state index in [1.807, 2.05) is 38.1 Å². The monoisotopic (exact) mass is 381 g/mol. The molecule has 0 aliphatic rings. The van der Waals surface area contributed by atoms with Crippen LogP contribution >= 0.6 is 22.9 Å². The van der Waals surface area contributed by atoms with Gasteiger partial charge >= 0.3 is 12.0 Å². The number of nitrogens with zero attached hydrogens (tertiary/aromatic N) is 1. The van der Waals surface area contributed by atoms with Crippen molar-refractivity contribution in [1.82, 2.24) is 15.6 Å². The number of hydrogen-bond acceptors (Lipinski definition) is 4. The van der Waals surface area contributed by atoms with E-state index in [1.165, 1.54) is 11.3 Å². The number of amides is 2. The summed E-state index contributed by atoms with van der Waals surface area (Å²) in [5.74, 6) is -0.872. The van der Waals surface area contributed by atoms with Crippen LogP contribution in [-0.4, -0.2) is 28.6 Å². The van der Waals surface area contributed by atoms with Crippen molar-refractivity contribution in [2.45, 2.75) is 32.7 Å². The fourth-order valence-corrected chi connectivity index (χ4v) is 3.30. The van der Waals surface area contributed by atoms with Crippen LogP contribution in [0.4, 0.5) is 4.79 Å². The Morgan fingerprint density at radius 1 is 1.32 bits per heavy atom. The molecule has 8 heteroatoms. The number of aromatic nitrogens is 1. The molecule has 1 heterocycles. The summed E-state index contributed by atoms with van der Waals surface area (Å²) in [7, 11) is 0. The summed E-state index contributed by atoms with van der Waals surface area (Å²) in [6.07, 6.45) is 0.431. The van der Waals surface area contributed by atoms with Crippen LogP contribution in [0.2, 0.25) is 5.02 Å². The number of hydrogen-bond donors (Lipinski definition) is 3. The molecule has 134 valence electrons. The molecule has 0 bridgehead atoms. The Labute approximate surface area is 155 Å². The van der Waals surface area contributed by atoms with Gasteiger partial charge in [-0.15, -0.1) is 11.3 Å². The lowest BCUT2D eigenvalue weighted by atomic mass is 10.1. The van der Waals surface area contributed by atoms with E-state index in [0.29, 0.717) is 18.0 Å². The Morgan fingerprint density at radius 2 is 2.00 bits per heavy atom. The molecule has 2 rings (SSSR count). The quantitative estimate of drug-likeness (QED) is 0.632. The lowest BCUT2D eigenvalue weighted by molar-refractivity contribution is -0.137. The molecular formula is C17H20ClN3O3S. The number of carboxylic acid groups (broad SMARTS) is 1. The molecule has 6 nitrogen and oxygen atoms in total. The van der Waals surface area contributed by atoms with Gasteiger partial charge < -0.3 is 15.7 Å². The zero-order chi connectivity index (χ0) is 18.4. The molecule has 1 aromatic carbocycles. The number of nitrogens with one attached hydrogen (secondary N) is 2. The van der Waals surface area contributed by atoms with Gasteiger partial charge in [0.2, 0.25) is 0 Å². The third kappa shape index (κ3) is 5.72. The second kappa shape index (κ2) is 8.82. The number of carbonyl (C=O) groups is 2. The van der Waals surface area contributed by atoms with Crippen LogP contribution in [0, 0.1) is 6.92 Å².